The monoisotopic (exact) mass is 220 g/mol. The minimum atomic E-state index is -0.389. The minimum Gasteiger partial charge on any atom is -0.382 e. The molecule has 88 valence electrons. The van der Waals surface area contributed by atoms with Gasteiger partial charge in [0.1, 0.15) is 0 Å². The number of anilines is 1. The van der Waals surface area contributed by atoms with E-state index in [-0.39, 0.29) is 5.91 Å². The van der Waals surface area contributed by atoms with Crippen LogP contribution in [0.1, 0.15) is 37.6 Å². The topological polar surface area (TPSA) is 55.1 Å². The van der Waals surface area contributed by atoms with Crippen molar-refractivity contribution >= 4 is 11.6 Å². The molecule has 1 aromatic rings. The summed E-state index contributed by atoms with van der Waals surface area (Å²) in [5, 5.41) is 3.38. The highest BCUT2D eigenvalue weighted by Gasteiger charge is 2.10. The van der Waals surface area contributed by atoms with Crippen molar-refractivity contribution in [3.8, 4) is 0 Å². The number of hydrogen-bond donors (Lipinski definition) is 2. The molecule has 0 saturated carbocycles. The maximum atomic E-state index is 11.0. The minimum absolute atomic E-state index is 0.383. The zero-order valence-corrected chi connectivity index (χ0v) is 10.2. The third kappa shape index (κ3) is 3.26. The van der Waals surface area contributed by atoms with Gasteiger partial charge in [-0.05, 0) is 31.0 Å². The molecule has 1 aromatic carbocycles. The maximum absolute atomic E-state index is 11.0. The number of hydrogen-bond acceptors (Lipinski definition) is 2. The molecule has 0 aromatic heterocycles. The first kappa shape index (κ1) is 12.6. The smallest absolute Gasteiger partial charge is 0.248 e. The summed E-state index contributed by atoms with van der Waals surface area (Å²) in [5.41, 5.74) is 6.72. The van der Waals surface area contributed by atoms with Gasteiger partial charge in [0.2, 0.25) is 5.91 Å². The van der Waals surface area contributed by atoms with Crippen molar-refractivity contribution < 1.29 is 4.79 Å². The highest BCUT2D eigenvalue weighted by atomic mass is 16.1. The average molecular weight is 220 g/mol. The molecule has 0 saturated heterocycles. The molecule has 3 N–H and O–H groups in total. The van der Waals surface area contributed by atoms with E-state index in [1.807, 2.05) is 12.1 Å². The Morgan fingerprint density at radius 3 is 2.69 bits per heavy atom. The summed E-state index contributed by atoms with van der Waals surface area (Å²) in [5.74, 6) is 0.206. The Hall–Kier alpha value is -1.51. The molecule has 0 heterocycles. The summed E-state index contributed by atoms with van der Waals surface area (Å²) in [6.07, 6.45) is 1.13. The van der Waals surface area contributed by atoms with E-state index in [9.17, 15) is 4.79 Å². The van der Waals surface area contributed by atoms with Crippen LogP contribution < -0.4 is 11.1 Å². The first-order valence-corrected chi connectivity index (χ1v) is 5.71. The van der Waals surface area contributed by atoms with Gasteiger partial charge >= 0.3 is 0 Å². The number of carbonyl (C=O) groups is 1. The van der Waals surface area contributed by atoms with Gasteiger partial charge in [0.15, 0.2) is 0 Å². The fourth-order valence-corrected chi connectivity index (χ4v) is 1.52. The van der Waals surface area contributed by atoms with Gasteiger partial charge in [-0.15, -0.1) is 0 Å². The van der Waals surface area contributed by atoms with Crippen LogP contribution in [0, 0.1) is 5.92 Å². The van der Waals surface area contributed by atoms with Crippen LogP contribution in [0.4, 0.5) is 5.69 Å². The lowest BCUT2D eigenvalue weighted by Gasteiger charge is -2.21. The second kappa shape index (κ2) is 5.54. The van der Waals surface area contributed by atoms with Gasteiger partial charge in [0.25, 0.3) is 0 Å². The summed E-state index contributed by atoms with van der Waals surface area (Å²) in [4.78, 5) is 11.0. The summed E-state index contributed by atoms with van der Waals surface area (Å²) < 4.78 is 0. The molecule has 2 unspecified atom stereocenters. The Bertz CT molecular complexity index is 363. The first-order chi connectivity index (χ1) is 7.54. The number of rotatable bonds is 5. The first-order valence-electron chi connectivity index (χ1n) is 5.71. The van der Waals surface area contributed by atoms with Crippen LogP contribution >= 0.6 is 0 Å². The van der Waals surface area contributed by atoms with Crippen LogP contribution in [-0.2, 0) is 0 Å². The average Bonchev–Trinajstić information content (AvgIpc) is 2.28. The predicted octanol–water partition coefficient (Wildman–Crippen LogP) is 2.63. The van der Waals surface area contributed by atoms with Crippen molar-refractivity contribution in [3.05, 3.63) is 29.8 Å². The predicted molar refractivity (Wildman–Crippen MR) is 67.5 cm³/mol. The van der Waals surface area contributed by atoms with E-state index in [1.165, 1.54) is 0 Å². The van der Waals surface area contributed by atoms with E-state index in [1.54, 1.807) is 12.1 Å². The van der Waals surface area contributed by atoms with Gasteiger partial charge in [-0.2, -0.15) is 0 Å². The molecule has 0 fully saturated rings. The standard InChI is InChI=1S/C13H20N2O/c1-4-9(2)10(3)15-12-7-5-6-11(8-12)13(14)16/h5-10,15H,4H2,1-3H3,(H2,14,16). The fourth-order valence-electron chi connectivity index (χ4n) is 1.52. The molecule has 1 rings (SSSR count). The maximum Gasteiger partial charge on any atom is 0.248 e. The Labute approximate surface area is 97.0 Å². The van der Waals surface area contributed by atoms with Crippen molar-refractivity contribution in [1.29, 1.82) is 0 Å². The number of primary amides is 1. The molecular formula is C13H20N2O. The van der Waals surface area contributed by atoms with E-state index in [4.69, 9.17) is 5.73 Å². The lowest BCUT2D eigenvalue weighted by molar-refractivity contribution is 0.100. The molecule has 0 aliphatic heterocycles. The molecular weight excluding hydrogens is 200 g/mol. The normalized spacial score (nSPS) is 14.2. The Morgan fingerprint density at radius 1 is 1.44 bits per heavy atom. The number of nitrogens with one attached hydrogen (secondary N) is 1. The molecule has 2 atom stereocenters. The summed E-state index contributed by atoms with van der Waals surface area (Å²) in [7, 11) is 0. The van der Waals surface area contributed by atoms with E-state index in [0.717, 1.165) is 12.1 Å². The van der Waals surface area contributed by atoms with E-state index in [0.29, 0.717) is 17.5 Å². The third-order valence-corrected chi connectivity index (χ3v) is 3.04. The van der Waals surface area contributed by atoms with E-state index in [2.05, 4.69) is 26.1 Å². The summed E-state index contributed by atoms with van der Waals surface area (Å²) in [6, 6.07) is 7.69. The number of nitrogens with two attached hydrogens (primary N) is 1. The number of amides is 1. The van der Waals surface area contributed by atoms with Crippen molar-refractivity contribution in [2.24, 2.45) is 11.7 Å². The van der Waals surface area contributed by atoms with Gasteiger partial charge in [-0.1, -0.05) is 26.3 Å². The van der Waals surface area contributed by atoms with Gasteiger partial charge < -0.3 is 11.1 Å². The van der Waals surface area contributed by atoms with Crippen molar-refractivity contribution in [1.82, 2.24) is 0 Å². The highest BCUT2D eigenvalue weighted by molar-refractivity contribution is 5.93. The molecule has 0 aliphatic carbocycles. The van der Waals surface area contributed by atoms with Crippen LogP contribution in [-0.4, -0.2) is 11.9 Å². The van der Waals surface area contributed by atoms with E-state index >= 15 is 0 Å². The molecule has 0 aliphatic rings. The van der Waals surface area contributed by atoms with Crippen molar-refractivity contribution in [2.75, 3.05) is 5.32 Å². The number of carbonyl (C=O) groups excluding carboxylic acids is 1. The lowest BCUT2D eigenvalue weighted by atomic mass is 10.0. The second-order valence-electron chi connectivity index (χ2n) is 4.26. The molecule has 3 heteroatoms. The molecule has 0 spiro atoms. The van der Waals surface area contributed by atoms with Crippen LogP contribution in [0.2, 0.25) is 0 Å². The fraction of sp³-hybridized carbons (Fsp3) is 0.462. The van der Waals surface area contributed by atoms with Crippen LogP contribution in [0.25, 0.3) is 0 Å². The second-order valence-corrected chi connectivity index (χ2v) is 4.26. The van der Waals surface area contributed by atoms with Crippen LogP contribution in [0.15, 0.2) is 24.3 Å². The van der Waals surface area contributed by atoms with Gasteiger partial charge in [-0.25, -0.2) is 0 Å². The quantitative estimate of drug-likeness (QED) is 0.801. The van der Waals surface area contributed by atoms with Crippen molar-refractivity contribution in [3.63, 3.8) is 0 Å². The lowest BCUT2D eigenvalue weighted by Crippen LogP contribution is -2.23. The zero-order valence-electron chi connectivity index (χ0n) is 10.2. The third-order valence-electron chi connectivity index (χ3n) is 3.04. The Balaban J connectivity index is 2.74. The zero-order chi connectivity index (χ0) is 12.1. The van der Waals surface area contributed by atoms with Gasteiger partial charge in [-0.3, -0.25) is 4.79 Å². The van der Waals surface area contributed by atoms with E-state index < -0.39 is 0 Å². The Morgan fingerprint density at radius 2 is 2.12 bits per heavy atom. The molecule has 3 nitrogen and oxygen atoms in total. The summed E-state index contributed by atoms with van der Waals surface area (Å²) >= 11 is 0. The van der Waals surface area contributed by atoms with Crippen molar-refractivity contribution in [2.45, 2.75) is 33.2 Å². The SMILES string of the molecule is CCC(C)C(C)Nc1cccc(C(N)=O)c1. The molecule has 16 heavy (non-hydrogen) atoms. The molecule has 0 radical (unpaired) electrons. The number of benzene rings is 1. The summed E-state index contributed by atoms with van der Waals surface area (Å²) in [6.45, 7) is 6.52. The van der Waals surface area contributed by atoms with Gasteiger partial charge in [0.05, 0.1) is 0 Å². The Kier molecular flexibility index (Phi) is 4.35. The van der Waals surface area contributed by atoms with Crippen LogP contribution in [0.5, 0.6) is 0 Å². The molecule has 0 bridgehead atoms. The van der Waals surface area contributed by atoms with Gasteiger partial charge in [0, 0.05) is 17.3 Å². The highest BCUT2D eigenvalue weighted by Crippen LogP contribution is 2.16. The van der Waals surface area contributed by atoms with Crippen LogP contribution in [0.3, 0.4) is 0 Å². The largest absolute Gasteiger partial charge is 0.382 e. The molecule has 1 amide bonds.